The third-order valence-electron chi connectivity index (χ3n) is 2.98. The number of anilines is 1. The highest BCUT2D eigenvalue weighted by atomic mass is 16.6. The van der Waals surface area contributed by atoms with Crippen molar-refractivity contribution < 1.29 is 14.3 Å². The van der Waals surface area contributed by atoms with Gasteiger partial charge < -0.3 is 9.47 Å². The van der Waals surface area contributed by atoms with E-state index in [0.29, 0.717) is 23.6 Å². The molecule has 24 heavy (non-hydrogen) atoms. The van der Waals surface area contributed by atoms with Crippen LogP contribution in [0.4, 0.5) is 10.5 Å². The molecule has 2 aromatic rings. The Hall–Kier alpha value is -3.00. The van der Waals surface area contributed by atoms with Crippen molar-refractivity contribution in [1.82, 2.24) is 0 Å². The average molecular weight is 324 g/mol. The lowest BCUT2D eigenvalue weighted by molar-refractivity contribution is 0.0636. The van der Waals surface area contributed by atoms with E-state index in [1.165, 1.54) is 0 Å². The molecule has 2 rings (SSSR count). The van der Waals surface area contributed by atoms with Crippen LogP contribution in [0.1, 0.15) is 31.9 Å². The summed E-state index contributed by atoms with van der Waals surface area (Å²) < 4.78 is 10.9. The van der Waals surface area contributed by atoms with Gasteiger partial charge in [-0.1, -0.05) is 30.3 Å². The molecule has 0 saturated heterocycles. The molecule has 0 unspecified atom stereocenters. The van der Waals surface area contributed by atoms with Crippen LogP contribution >= 0.6 is 0 Å². The van der Waals surface area contributed by atoms with Crippen LogP contribution in [0.15, 0.2) is 48.5 Å². The van der Waals surface area contributed by atoms with Crippen LogP contribution in [0.2, 0.25) is 0 Å². The molecule has 0 aliphatic carbocycles. The second kappa shape index (κ2) is 7.51. The van der Waals surface area contributed by atoms with Crippen molar-refractivity contribution in [3.05, 3.63) is 59.7 Å². The van der Waals surface area contributed by atoms with Gasteiger partial charge in [-0.05, 0) is 38.5 Å². The largest absolute Gasteiger partial charge is 0.487 e. The quantitative estimate of drug-likeness (QED) is 0.900. The van der Waals surface area contributed by atoms with Gasteiger partial charge in [-0.2, -0.15) is 5.26 Å². The second-order valence-electron chi connectivity index (χ2n) is 6.22. The van der Waals surface area contributed by atoms with Gasteiger partial charge >= 0.3 is 6.09 Å². The van der Waals surface area contributed by atoms with E-state index in [0.717, 1.165) is 5.56 Å². The number of ether oxygens (including phenoxy) is 2. The van der Waals surface area contributed by atoms with E-state index in [9.17, 15) is 10.1 Å². The first kappa shape index (κ1) is 17.4. The summed E-state index contributed by atoms with van der Waals surface area (Å²) in [5, 5.41) is 11.8. The Morgan fingerprint density at radius 1 is 1.17 bits per heavy atom. The van der Waals surface area contributed by atoms with Gasteiger partial charge in [0.05, 0.1) is 5.56 Å². The van der Waals surface area contributed by atoms with Gasteiger partial charge in [0.25, 0.3) is 0 Å². The van der Waals surface area contributed by atoms with E-state index in [4.69, 9.17) is 9.47 Å². The van der Waals surface area contributed by atoms with E-state index in [-0.39, 0.29) is 0 Å². The lowest BCUT2D eigenvalue weighted by Crippen LogP contribution is -2.27. The van der Waals surface area contributed by atoms with E-state index >= 15 is 0 Å². The third kappa shape index (κ3) is 5.33. The maximum absolute atomic E-state index is 11.8. The number of carbonyl (C=O) groups excluding carboxylic acids is 1. The molecule has 0 aliphatic rings. The topological polar surface area (TPSA) is 71.3 Å². The van der Waals surface area contributed by atoms with Gasteiger partial charge in [0.15, 0.2) is 0 Å². The molecular formula is C19H20N2O3. The summed E-state index contributed by atoms with van der Waals surface area (Å²) in [6, 6.07) is 16.6. The normalized spacial score (nSPS) is 10.6. The molecule has 124 valence electrons. The van der Waals surface area contributed by atoms with Gasteiger partial charge in [0.1, 0.15) is 24.0 Å². The van der Waals surface area contributed by atoms with Crippen molar-refractivity contribution in [2.75, 3.05) is 5.32 Å². The molecule has 0 spiro atoms. The van der Waals surface area contributed by atoms with Gasteiger partial charge in [-0.25, -0.2) is 4.79 Å². The van der Waals surface area contributed by atoms with Crippen LogP contribution in [0.3, 0.4) is 0 Å². The molecule has 5 nitrogen and oxygen atoms in total. The van der Waals surface area contributed by atoms with Crippen molar-refractivity contribution in [3.63, 3.8) is 0 Å². The highest BCUT2D eigenvalue weighted by Crippen LogP contribution is 2.24. The van der Waals surface area contributed by atoms with Crippen LogP contribution in [-0.2, 0) is 11.3 Å². The number of hydrogen-bond acceptors (Lipinski definition) is 4. The lowest BCUT2D eigenvalue weighted by atomic mass is 10.2. The molecule has 0 aromatic heterocycles. The van der Waals surface area contributed by atoms with Gasteiger partial charge in [0.2, 0.25) is 0 Å². The molecule has 0 aliphatic heterocycles. The van der Waals surface area contributed by atoms with Crippen LogP contribution in [-0.4, -0.2) is 11.7 Å². The van der Waals surface area contributed by atoms with E-state index in [1.54, 1.807) is 39.0 Å². The zero-order chi connectivity index (χ0) is 17.6. The summed E-state index contributed by atoms with van der Waals surface area (Å²) in [7, 11) is 0. The molecule has 0 saturated carbocycles. The number of nitrogens with zero attached hydrogens (tertiary/aromatic N) is 1. The summed E-state index contributed by atoms with van der Waals surface area (Å²) in [5.41, 5.74) is 1.32. The minimum absolute atomic E-state index is 0.339. The molecule has 1 N–H and O–H groups in total. The summed E-state index contributed by atoms with van der Waals surface area (Å²) >= 11 is 0. The molecule has 0 heterocycles. The number of nitrogens with one attached hydrogen (secondary N) is 1. The molecule has 0 radical (unpaired) electrons. The van der Waals surface area contributed by atoms with Crippen LogP contribution < -0.4 is 10.1 Å². The van der Waals surface area contributed by atoms with Crippen molar-refractivity contribution in [2.45, 2.75) is 33.0 Å². The smallest absolute Gasteiger partial charge is 0.412 e. The van der Waals surface area contributed by atoms with Crippen molar-refractivity contribution in [1.29, 1.82) is 5.26 Å². The highest BCUT2D eigenvalue weighted by molar-refractivity contribution is 5.85. The first-order valence-electron chi connectivity index (χ1n) is 7.58. The molecule has 0 atom stereocenters. The van der Waals surface area contributed by atoms with Crippen LogP contribution in [0, 0.1) is 11.3 Å². The van der Waals surface area contributed by atoms with E-state index in [2.05, 4.69) is 11.4 Å². The van der Waals surface area contributed by atoms with Gasteiger partial charge in [-0.15, -0.1) is 0 Å². The van der Waals surface area contributed by atoms with Crippen LogP contribution in [0.5, 0.6) is 5.75 Å². The fourth-order valence-corrected chi connectivity index (χ4v) is 1.97. The Labute approximate surface area is 141 Å². The maximum Gasteiger partial charge on any atom is 0.412 e. The Morgan fingerprint density at radius 2 is 1.88 bits per heavy atom. The number of carbonyl (C=O) groups is 1. The Morgan fingerprint density at radius 3 is 2.50 bits per heavy atom. The molecule has 1 amide bonds. The predicted octanol–water partition coefficient (Wildman–Crippen LogP) is 4.48. The average Bonchev–Trinajstić information content (AvgIpc) is 2.52. The fourth-order valence-electron chi connectivity index (χ4n) is 1.97. The Kier molecular flexibility index (Phi) is 5.43. The minimum Gasteiger partial charge on any atom is -0.487 e. The molecule has 0 fully saturated rings. The molecule has 2 aromatic carbocycles. The minimum atomic E-state index is -0.580. The number of hydrogen-bond donors (Lipinski definition) is 1. The number of benzene rings is 2. The number of amides is 1. The molecule has 5 heteroatoms. The predicted molar refractivity (Wildman–Crippen MR) is 91.8 cm³/mol. The SMILES string of the molecule is CC(C)(C)OC(=O)Nc1ccc(C#N)c(OCc2ccccc2)c1. The van der Waals surface area contributed by atoms with E-state index < -0.39 is 11.7 Å². The molecule has 0 bridgehead atoms. The Balaban J connectivity index is 2.10. The molecular weight excluding hydrogens is 304 g/mol. The Bertz CT molecular complexity index is 743. The second-order valence-corrected chi connectivity index (χ2v) is 6.22. The summed E-state index contributed by atoms with van der Waals surface area (Å²) in [5.74, 6) is 0.412. The zero-order valence-corrected chi connectivity index (χ0v) is 14.0. The third-order valence-corrected chi connectivity index (χ3v) is 2.98. The van der Waals surface area contributed by atoms with Crippen LogP contribution in [0.25, 0.3) is 0 Å². The number of nitriles is 1. The first-order valence-corrected chi connectivity index (χ1v) is 7.58. The first-order chi connectivity index (χ1) is 11.4. The highest BCUT2D eigenvalue weighted by Gasteiger charge is 2.16. The maximum atomic E-state index is 11.8. The van der Waals surface area contributed by atoms with E-state index in [1.807, 2.05) is 30.3 Å². The van der Waals surface area contributed by atoms with Crippen molar-refractivity contribution in [2.24, 2.45) is 0 Å². The zero-order valence-electron chi connectivity index (χ0n) is 14.0. The summed E-state index contributed by atoms with van der Waals surface area (Å²) in [6.45, 7) is 5.71. The van der Waals surface area contributed by atoms with Gasteiger partial charge in [-0.3, -0.25) is 5.32 Å². The number of rotatable bonds is 4. The fraction of sp³-hybridized carbons (Fsp3) is 0.263. The lowest BCUT2D eigenvalue weighted by Gasteiger charge is -2.20. The van der Waals surface area contributed by atoms with Gasteiger partial charge in [0, 0.05) is 11.8 Å². The summed E-state index contributed by atoms with van der Waals surface area (Å²) in [6.07, 6.45) is -0.554. The standard InChI is InChI=1S/C19H20N2O3/c1-19(2,3)24-18(22)21-16-10-9-15(12-20)17(11-16)23-13-14-7-5-4-6-8-14/h4-11H,13H2,1-3H3,(H,21,22). The summed E-state index contributed by atoms with van der Waals surface area (Å²) in [4.78, 5) is 11.8. The van der Waals surface area contributed by atoms with Crippen molar-refractivity contribution >= 4 is 11.8 Å². The monoisotopic (exact) mass is 324 g/mol. The van der Waals surface area contributed by atoms with Crippen molar-refractivity contribution in [3.8, 4) is 11.8 Å².